The molecule has 0 radical (unpaired) electrons. The summed E-state index contributed by atoms with van der Waals surface area (Å²) in [6.45, 7) is 11.9. The van der Waals surface area contributed by atoms with E-state index in [1.165, 1.54) is 113 Å². The van der Waals surface area contributed by atoms with Gasteiger partial charge >= 0.3 is 0 Å². The molecule has 0 amide bonds. The van der Waals surface area contributed by atoms with Crippen LogP contribution < -0.4 is 0 Å². The summed E-state index contributed by atoms with van der Waals surface area (Å²) in [5.74, 6) is 0. The maximum Gasteiger partial charge on any atom is 0.0399 e. The summed E-state index contributed by atoms with van der Waals surface area (Å²) in [5, 5.41) is 8.06. The zero-order valence-corrected chi connectivity index (χ0v) is 31.1. The van der Waals surface area contributed by atoms with Crippen LogP contribution in [0, 0.1) is 6.92 Å². The lowest BCUT2D eigenvalue weighted by Gasteiger charge is -2.24. The molecular formula is C49H36S2. The second kappa shape index (κ2) is 10.1. The molecular weight excluding hydrogens is 653 g/mol. The lowest BCUT2D eigenvalue weighted by Crippen LogP contribution is -2.15. The zero-order valence-electron chi connectivity index (χ0n) is 29.4. The van der Waals surface area contributed by atoms with Crippen molar-refractivity contribution in [2.75, 3.05) is 0 Å². The molecule has 51 heavy (non-hydrogen) atoms. The largest absolute Gasteiger partial charge is 0.135 e. The van der Waals surface area contributed by atoms with Gasteiger partial charge in [0, 0.05) is 30.0 Å². The highest BCUT2D eigenvalue weighted by Crippen LogP contribution is 2.58. The minimum absolute atomic E-state index is 0.0766. The van der Waals surface area contributed by atoms with E-state index < -0.39 is 0 Å². The van der Waals surface area contributed by atoms with E-state index in [1.54, 1.807) is 0 Å². The number of benzene rings is 7. The van der Waals surface area contributed by atoms with E-state index in [0.717, 1.165) is 0 Å². The van der Waals surface area contributed by atoms with Crippen molar-refractivity contribution in [2.24, 2.45) is 0 Å². The lowest BCUT2D eigenvalue weighted by molar-refractivity contribution is 0.667. The van der Waals surface area contributed by atoms with Crippen LogP contribution in [-0.4, -0.2) is 0 Å². The van der Waals surface area contributed by atoms with Gasteiger partial charge in [-0.1, -0.05) is 136 Å². The Kier molecular flexibility index (Phi) is 5.86. The average Bonchev–Trinajstić information content (AvgIpc) is 3.84. The first-order valence-corrected chi connectivity index (χ1v) is 19.6. The van der Waals surface area contributed by atoms with Crippen molar-refractivity contribution < 1.29 is 0 Å². The van der Waals surface area contributed by atoms with Crippen LogP contribution >= 0.6 is 22.7 Å². The molecule has 0 nitrogen and oxygen atoms in total. The summed E-state index contributed by atoms with van der Waals surface area (Å²) in [4.78, 5) is 2.87. The van der Waals surface area contributed by atoms with Gasteiger partial charge in [-0.15, -0.1) is 22.7 Å². The second-order valence-corrected chi connectivity index (χ2v) is 17.8. The highest BCUT2D eigenvalue weighted by molar-refractivity contribution is 7.23. The molecule has 0 unspecified atom stereocenters. The first kappa shape index (κ1) is 29.7. The third-order valence-electron chi connectivity index (χ3n) is 12.1. The molecule has 0 saturated heterocycles. The number of fused-ring (bicyclic) bond motifs is 12. The molecule has 2 aromatic heterocycles. The fraction of sp³-hybridized carbons (Fsp3) is 0.143. The summed E-state index contributed by atoms with van der Waals surface area (Å²) in [5.41, 5.74) is 15.0. The molecule has 2 heteroatoms. The van der Waals surface area contributed by atoms with Gasteiger partial charge < -0.3 is 0 Å². The predicted molar refractivity (Wildman–Crippen MR) is 223 cm³/mol. The lowest BCUT2D eigenvalue weighted by atomic mass is 9.79. The third kappa shape index (κ3) is 3.85. The van der Waals surface area contributed by atoms with Crippen LogP contribution in [0.2, 0.25) is 0 Å². The fourth-order valence-electron chi connectivity index (χ4n) is 9.72. The molecule has 0 fully saturated rings. The van der Waals surface area contributed by atoms with E-state index in [9.17, 15) is 0 Å². The van der Waals surface area contributed by atoms with Crippen LogP contribution in [0.25, 0.3) is 84.9 Å². The van der Waals surface area contributed by atoms with Crippen LogP contribution in [-0.2, 0) is 10.8 Å². The Bertz CT molecular complexity index is 2980. The van der Waals surface area contributed by atoms with Crippen molar-refractivity contribution in [3.05, 3.63) is 155 Å². The van der Waals surface area contributed by atoms with Gasteiger partial charge in [-0.3, -0.25) is 0 Å². The molecule has 244 valence electrons. The topological polar surface area (TPSA) is 0 Å². The summed E-state index contributed by atoms with van der Waals surface area (Å²) in [6.07, 6.45) is 0. The zero-order chi connectivity index (χ0) is 34.4. The number of hydrogen-bond acceptors (Lipinski definition) is 2. The van der Waals surface area contributed by atoms with Gasteiger partial charge in [0.15, 0.2) is 0 Å². The van der Waals surface area contributed by atoms with Gasteiger partial charge in [-0.05, 0) is 119 Å². The molecule has 2 aliphatic rings. The Balaban J connectivity index is 1.15. The first-order chi connectivity index (χ1) is 24.7. The van der Waals surface area contributed by atoms with Crippen molar-refractivity contribution in [3.8, 4) is 43.1 Å². The molecule has 0 saturated carbocycles. The Labute approximate surface area is 306 Å². The summed E-state index contributed by atoms with van der Waals surface area (Å²) >= 11 is 3.89. The SMILES string of the molecule is Cc1ccc2c(-c3ccc4c(c3)C(C)(C)c3c-4sc4ccccc34)c3ccccc3c(-c3ccc4c(c3)C(C)(C)c3c-4sc4ccccc34)c2c1. The summed E-state index contributed by atoms with van der Waals surface area (Å²) < 4.78 is 2.76. The van der Waals surface area contributed by atoms with Crippen LogP contribution in [0.15, 0.2) is 127 Å². The Morgan fingerprint density at radius 2 is 0.843 bits per heavy atom. The quantitative estimate of drug-likeness (QED) is 0.159. The van der Waals surface area contributed by atoms with Crippen molar-refractivity contribution in [1.29, 1.82) is 0 Å². The van der Waals surface area contributed by atoms with Gasteiger partial charge in [0.1, 0.15) is 0 Å². The van der Waals surface area contributed by atoms with Crippen LogP contribution in [0.5, 0.6) is 0 Å². The van der Waals surface area contributed by atoms with E-state index in [1.807, 2.05) is 22.7 Å². The van der Waals surface area contributed by atoms with E-state index >= 15 is 0 Å². The maximum atomic E-state index is 2.51. The second-order valence-electron chi connectivity index (χ2n) is 15.7. The van der Waals surface area contributed by atoms with Crippen LogP contribution in [0.3, 0.4) is 0 Å². The van der Waals surface area contributed by atoms with Gasteiger partial charge in [0.05, 0.1) is 0 Å². The number of rotatable bonds is 2. The van der Waals surface area contributed by atoms with Crippen molar-refractivity contribution in [3.63, 3.8) is 0 Å². The molecule has 0 bridgehead atoms. The molecule has 0 spiro atoms. The minimum Gasteiger partial charge on any atom is -0.135 e. The smallest absolute Gasteiger partial charge is 0.0399 e. The highest BCUT2D eigenvalue weighted by Gasteiger charge is 2.40. The van der Waals surface area contributed by atoms with Gasteiger partial charge in [-0.25, -0.2) is 0 Å². The molecule has 0 N–H and O–H groups in total. The number of thiophene rings is 2. The predicted octanol–water partition coefficient (Wildman–Crippen LogP) is 14.7. The minimum atomic E-state index is -0.0773. The van der Waals surface area contributed by atoms with Crippen molar-refractivity contribution in [1.82, 2.24) is 0 Å². The number of hydrogen-bond donors (Lipinski definition) is 0. The van der Waals surface area contributed by atoms with Gasteiger partial charge in [0.2, 0.25) is 0 Å². The van der Waals surface area contributed by atoms with Gasteiger partial charge in [-0.2, -0.15) is 0 Å². The Hall–Kier alpha value is -5.02. The maximum absolute atomic E-state index is 2.51. The molecule has 9 aromatic rings. The van der Waals surface area contributed by atoms with E-state index in [4.69, 9.17) is 0 Å². The third-order valence-corrected chi connectivity index (χ3v) is 14.5. The number of aryl methyl sites for hydroxylation is 1. The van der Waals surface area contributed by atoms with E-state index in [-0.39, 0.29) is 10.8 Å². The van der Waals surface area contributed by atoms with E-state index in [2.05, 4.69) is 162 Å². The summed E-state index contributed by atoms with van der Waals surface area (Å²) in [6, 6.07) is 48.7. The van der Waals surface area contributed by atoms with Gasteiger partial charge in [0.25, 0.3) is 0 Å². The Morgan fingerprint density at radius 3 is 1.35 bits per heavy atom. The molecule has 0 aliphatic heterocycles. The average molecular weight is 689 g/mol. The molecule has 7 aromatic carbocycles. The highest BCUT2D eigenvalue weighted by atomic mass is 32.1. The fourth-order valence-corrected chi connectivity index (χ4v) is 12.5. The summed E-state index contributed by atoms with van der Waals surface area (Å²) in [7, 11) is 0. The van der Waals surface area contributed by atoms with E-state index in [0.29, 0.717) is 0 Å². The van der Waals surface area contributed by atoms with Crippen LogP contribution in [0.1, 0.15) is 55.5 Å². The molecule has 2 heterocycles. The monoisotopic (exact) mass is 688 g/mol. The molecule has 0 atom stereocenters. The van der Waals surface area contributed by atoms with Crippen LogP contribution in [0.4, 0.5) is 0 Å². The molecule has 11 rings (SSSR count). The standard InChI is InChI=1S/C49H36S2/c1-27-18-21-32-37(24-27)43(29-20-23-34-39(26-29)49(4,5)45-36-15-9-11-17-41(36)51-47(34)45)31-13-7-6-12-30(31)42(32)28-19-22-33-38(25-28)48(2,3)44-35-14-8-10-16-40(35)50-46(33)44/h6-26H,1-5H3. The van der Waals surface area contributed by atoms with Crippen molar-refractivity contribution >= 4 is 64.4 Å². The molecule has 2 aliphatic carbocycles. The first-order valence-electron chi connectivity index (χ1n) is 18.0. The van der Waals surface area contributed by atoms with Crippen molar-refractivity contribution in [2.45, 2.75) is 45.4 Å². The normalized spacial score (nSPS) is 15.1. The Morgan fingerprint density at radius 1 is 0.412 bits per heavy atom.